The van der Waals surface area contributed by atoms with Crippen LogP contribution in [0.3, 0.4) is 0 Å². The molecule has 2 aliphatic heterocycles. The lowest BCUT2D eigenvalue weighted by molar-refractivity contribution is -0.117. The van der Waals surface area contributed by atoms with Crippen molar-refractivity contribution in [3.63, 3.8) is 0 Å². The summed E-state index contributed by atoms with van der Waals surface area (Å²) < 4.78 is 0. The molecule has 154 valence electrons. The molecule has 1 N–H and O–H groups in total. The van der Waals surface area contributed by atoms with Crippen LogP contribution in [0.5, 0.6) is 0 Å². The highest BCUT2D eigenvalue weighted by Gasteiger charge is 2.20. The molecular formula is C24H32N4O. The Bertz CT molecular complexity index is 852. The number of nitrogens with one attached hydrogen (secondary N) is 1. The molecule has 29 heavy (non-hydrogen) atoms. The third-order valence-electron chi connectivity index (χ3n) is 6.06. The largest absolute Gasteiger partial charge is 0.372 e. The van der Waals surface area contributed by atoms with Gasteiger partial charge >= 0.3 is 0 Å². The molecule has 0 atom stereocenters. The summed E-state index contributed by atoms with van der Waals surface area (Å²) in [5.41, 5.74) is 5.90. The molecular weight excluding hydrogens is 360 g/mol. The zero-order valence-electron chi connectivity index (χ0n) is 17.7. The van der Waals surface area contributed by atoms with E-state index in [-0.39, 0.29) is 5.91 Å². The van der Waals surface area contributed by atoms with Gasteiger partial charge in [0.15, 0.2) is 0 Å². The van der Waals surface area contributed by atoms with Crippen molar-refractivity contribution in [3.8, 4) is 0 Å². The van der Waals surface area contributed by atoms with Crippen LogP contribution in [-0.2, 0) is 4.79 Å². The monoisotopic (exact) mass is 392 g/mol. The molecule has 5 nitrogen and oxygen atoms in total. The van der Waals surface area contributed by atoms with Crippen LogP contribution in [0, 0.1) is 13.8 Å². The number of nitrogens with zero attached hydrogens (tertiary/aromatic N) is 3. The fourth-order valence-electron chi connectivity index (χ4n) is 4.34. The highest BCUT2D eigenvalue weighted by atomic mass is 16.2. The third-order valence-corrected chi connectivity index (χ3v) is 6.06. The van der Waals surface area contributed by atoms with E-state index in [0.29, 0.717) is 6.54 Å². The molecule has 2 fully saturated rings. The summed E-state index contributed by atoms with van der Waals surface area (Å²) in [7, 11) is 0. The first-order valence-electron chi connectivity index (χ1n) is 10.8. The second-order valence-corrected chi connectivity index (χ2v) is 8.34. The van der Waals surface area contributed by atoms with Crippen molar-refractivity contribution in [2.45, 2.75) is 26.7 Å². The van der Waals surface area contributed by atoms with E-state index in [1.54, 1.807) is 0 Å². The Hall–Kier alpha value is -2.53. The standard InChI is InChI=1S/C24H32N4O/c1-19-6-5-7-21(16-19)28-14-12-26(13-15-28)18-24(29)25-23-9-8-22(17-20(23)2)27-10-3-4-11-27/h5-9,16-17H,3-4,10-15,18H2,1-2H3,(H,25,29). The van der Waals surface area contributed by atoms with E-state index in [2.05, 4.69) is 76.3 Å². The van der Waals surface area contributed by atoms with Crippen molar-refractivity contribution in [1.29, 1.82) is 0 Å². The minimum absolute atomic E-state index is 0.0750. The van der Waals surface area contributed by atoms with E-state index >= 15 is 0 Å². The Balaban J connectivity index is 1.28. The number of piperazine rings is 1. The van der Waals surface area contributed by atoms with E-state index in [0.717, 1.165) is 50.5 Å². The summed E-state index contributed by atoms with van der Waals surface area (Å²) >= 11 is 0. The van der Waals surface area contributed by atoms with Gasteiger partial charge in [0.1, 0.15) is 0 Å². The maximum absolute atomic E-state index is 12.6. The highest BCUT2D eigenvalue weighted by Crippen LogP contribution is 2.25. The average Bonchev–Trinajstić information content (AvgIpc) is 3.25. The predicted octanol–water partition coefficient (Wildman–Crippen LogP) is 3.66. The van der Waals surface area contributed by atoms with Gasteiger partial charge in [-0.05, 0) is 68.1 Å². The average molecular weight is 393 g/mol. The van der Waals surface area contributed by atoms with Gasteiger partial charge < -0.3 is 15.1 Å². The number of carbonyl (C=O) groups is 1. The summed E-state index contributed by atoms with van der Waals surface area (Å²) in [6, 6.07) is 15.0. The molecule has 1 amide bonds. The first-order chi connectivity index (χ1) is 14.1. The second-order valence-electron chi connectivity index (χ2n) is 8.34. The summed E-state index contributed by atoms with van der Waals surface area (Å²) in [5.74, 6) is 0.0750. The number of rotatable bonds is 5. The van der Waals surface area contributed by atoms with Crippen molar-refractivity contribution in [2.75, 3.05) is 60.9 Å². The zero-order valence-corrected chi connectivity index (χ0v) is 17.7. The lowest BCUT2D eigenvalue weighted by Crippen LogP contribution is -2.48. The van der Waals surface area contributed by atoms with Crippen LogP contribution in [-0.4, -0.2) is 56.6 Å². The molecule has 0 aliphatic carbocycles. The zero-order chi connectivity index (χ0) is 20.2. The van der Waals surface area contributed by atoms with Gasteiger partial charge in [0.05, 0.1) is 6.54 Å². The Morgan fingerprint density at radius 3 is 2.24 bits per heavy atom. The van der Waals surface area contributed by atoms with Gasteiger partial charge in [0.2, 0.25) is 5.91 Å². The Kier molecular flexibility index (Phi) is 6.05. The first kappa shape index (κ1) is 19.8. The molecule has 0 aromatic heterocycles. The van der Waals surface area contributed by atoms with Gasteiger partial charge in [0, 0.05) is 56.3 Å². The molecule has 2 aliphatic rings. The minimum Gasteiger partial charge on any atom is -0.372 e. The molecule has 0 spiro atoms. The number of amides is 1. The van der Waals surface area contributed by atoms with Crippen LogP contribution in [0.15, 0.2) is 42.5 Å². The Morgan fingerprint density at radius 1 is 0.862 bits per heavy atom. The maximum atomic E-state index is 12.6. The van der Waals surface area contributed by atoms with E-state index in [1.165, 1.54) is 29.8 Å². The van der Waals surface area contributed by atoms with Crippen LogP contribution < -0.4 is 15.1 Å². The Labute approximate surface area is 174 Å². The van der Waals surface area contributed by atoms with Gasteiger partial charge in [-0.2, -0.15) is 0 Å². The predicted molar refractivity (Wildman–Crippen MR) is 121 cm³/mol. The highest BCUT2D eigenvalue weighted by molar-refractivity contribution is 5.93. The normalized spacial score (nSPS) is 17.6. The van der Waals surface area contributed by atoms with E-state index < -0.39 is 0 Å². The summed E-state index contributed by atoms with van der Waals surface area (Å²) in [5, 5.41) is 3.11. The number of hydrogen-bond acceptors (Lipinski definition) is 4. The van der Waals surface area contributed by atoms with E-state index in [1.807, 2.05) is 0 Å². The van der Waals surface area contributed by atoms with Crippen molar-refractivity contribution in [3.05, 3.63) is 53.6 Å². The van der Waals surface area contributed by atoms with Gasteiger partial charge in [-0.25, -0.2) is 0 Å². The van der Waals surface area contributed by atoms with E-state index in [9.17, 15) is 4.79 Å². The molecule has 2 saturated heterocycles. The van der Waals surface area contributed by atoms with Crippen LogP contribution in [0.1, 0.15) is 24.0 Å². The van der Waals surface area contributed by atoms with Crippen molar-refractivity contribution in [1.82, 2.24) is 4.90 Å². The molecule has 0 unspecified atom stereocenters. The molecule has 5 heteroatoms. The molecule has 2 heterocycles. The molecule has 0 bridgehead atoms. The number of carbonyl (C=O) groups excluding carboxylic acids is 1. The van der Waals surface area contributed by atoms with Crippen molar-refractivity contribution in [2.24, 2.45) is 0 Å². The fourth-order valence-corrected chi connectivity index (χ4v) is 4.34. The smallest absolute Gasteiger partial charge is 0.238 e. The van der Waals surface area contributed by atoms with Gasteiger partial charge in [-0.3, -0.25) is 9.69 Å². The maximum Gasteiger partial charge on any atom is 0.238 e. The minimum atomic E-state index is 0.0750. The van der Waals surface area contributed by atoms with Crippen molar-refractivity contribution >= 4 is 23.0 Å². The number of hydrogen-bond donors (Lipinski definition) is 1. The van der Waals surface area contributed by atoms with Gasteiger partial charge in [-0.15, -0.1) is 0 Å². The number of benzene rings is 2. The summed E-state index contributed by atoms with van der Waals surface area (Å²) in [6.07, 6.45) is 2.54. The van der Waals surface area contributed by atoms with Crippen molar-refractivity contribution < 1.29 is 4.79 Å². The van der Waals surface area contributed by atoms with Gasteiger partial charge in [0.25, 0.3) is 0 Å². The number of anilines is 3. The molecule has 0 radical (unpaired) electrons. The molecule has 4 rings (SSSR count). The van der Waals surface area contributed by atoms with E-state index in [4.69, 9.17) is 0 Å². The SMILES string of the molecule is Cc1cccc(N2CCN(CC(=O)Nc3ccc(N4CCCC4)cc3C)CC2)c1. The van der Waals surface area contributed by atoms with Crippen LogP contribution in [0.4, 0.5) is 17.1 Å². The van der Waals surface area contributed by atoms with Gasteiger partial charge in [-0.1, -0.05) is 12.1 Å². The first-order valence-corrected chi connectivity index (χ1v) is 10.8. The lowest BCUT2D eigenvalue weighted by Gasteiger charge is -2.35. The quantitative estimate of drug-likeness (QED) is 0.843. The summed E-state index contributed by atoms with van der Waals surface area (Å²) in [6.45, 7) is 10.7. The van der Waals surface area contributed by atoms with Crippen LogP contribution in [0.2, 0.25) is 0 Å². The molecule has 2 aromatic carbocycles. The topological polar surface area (TPSA) is 38.8 Å². The van der Waals surface area contributed by atoms with Crippen LogP contribution in [0.25, 0.3) is 0 Å². The third kappa shape index (κ3) is 4.91. The Morgan fingerprint density at radius 2 is 1.55 bits per heavy atom. The number of aryl methyl sites for hydroxylation is 2. The molecule has 0 saturated carbocycles. The van der Waals surface area contributed by atoms with Crippen LogP contribution >= 0.6 is 0 Å². The molecule has 2 aromatic rings. The second kappa shape index (κ2) is 8.87. The lowest BCUT2D eigenvalue weighted by atomic mass is 10.1. The fraction of sp³-hybridized carbons (Fsp3) is 0.458. The summed E-state index contributed by atoms with van der Waals surface area (Å²) in [4.78, 5) is 19.7.